The van der Waals surface area contributed by atoms with Gasteiger partial charge in [0.15, 0.2) is 0 Å². The second-order valence-corrected chi connectivity index (χ2v) is 5.10. The zero-order valence-corrected chi connectivity index (χ0v) is 11.0. The van der Waals surface area contributed by atoms with E-state index in [-0.39, 0.29) is 6.42 Å². The van der Waals surface area contributed by atoms with E-state index < -0.39 is 18.4 Å². The number of fused-ring (bicyclic) bond motifs is 1. The minimum absolute atomic E-state index is 0.0853. The van der Waals surface area contributed by atoms with Gasteiger partial charge in [0.2, 0.25) is 0 Å². The van der Waals surface area contributed by atoms with Gasteiger partial charge in [-0.3, -0.25) is 9.59 Å². The van der Waals surface area contributed by atoms with Crippen LogP contribution in [0.1, 0.15) is 18.4 Å². The summed E-state index contributed by atoms with van der Waals surface area (Å²) in [5.41, 5.74) is 1.05. The fourth-order valence-corrected chi connectivity index (χ4v) is 2.53. The molecular formula is C14H13BO5. The second-order valence-electron chi connectivity index (χ2n) is 5.10. The topological polar surface area (TPSA) is 61.8 Å². The van der Waals surface area contributed by atoms with Crippen molar-refractivity contribution in [2.45, 2.75) is 19.8 Å². The molecule has 2 fully saturated rings. The Bertz CT molecular complexity index is 572. The van der Waals surface area contributed by atoms with Crippen molar-refractivity contribution >= 4 is 18.4 Å². The van der Waals surface area contributed by atoms with E-state index in [0.717, 1.165) is 5.56 Å². The van der Waals surface area contributed by atoms with Crippen LogP contribution in [0.2, 0.25) is 0 Å². The maximum atomic E-state index is 12.3. The average molecular weight is 272 g/mol. The standard InChI is InChI=1S/C14H13BO5/c1-9-3-5-12(6-4-9)18-14(17)15-11(7-10(2)19-15)8-13(16)20-15/h3-6H,2,7-8H2,1H3. The Morgan fingerprint density at radius 2 is 2.00 bits per heavy atom. The number of hydrogen-bond acceptors (Lipinski definition) is 5. The molecule has 6 heteroatoms. The van der Waals surface area contributed by atoms with E-state index in [1.165, 1.54) is 0 Å². The van der Waals surface area contributed by atoms with Crippen LogP contribution in [0.25, 0.3) is 0 Å². The predicted octanol–water partition coefficient (Wildman–Crippen LogP) is 2.51. The molecule has 0 radical (unpaired) electrons. The molecule has 0 spiro atoms. The van der Waals surface area contributed by atoms with Gasteiger partial charge in [-0.1, -0.05) is 24.3 Å². The third kappa shape index (κ3) is 1.93. The summed E-state index contributed by atoms with van der Waals surface area (Å²) in [6.45, 7) is 3.12. The Labute approximate surface area is 116 Å². The maximum absolute atomic E-state index is 12.3. The monoisotopic (exact) mass is 272 g/mol. The van der Waals surface area contributed by atoms with Crippen molar-refractivity contribution in [1.82, 2.24) is 0 Å². The van der Waals surface area contributed by atoms with E-state index in [0.29, 0.717) is 23.7 Å². The smallest absolute Gasteiger partial charge is 0.636 e. The van der Waals surface area contributed by atoms with Crippen LogP contribution in [-0.4, -0.2) is 18.4 Å². The van der Waals surface area contributed by atoms with Gasteiger partial charge in [0.25, 0.3) is 5.87 Å². The van der Waals surface area contributed by atoms with Crippen LogP contribution in [0.5, 0.6) is 5.75 Å². The second kappa shape index (κ2) is 4.33. The Morgan fingerprint density at radius 3 is 2.70 bits per heavy atom. The van der Waals surface area contributed by atoms with Gasteiger partial charge in [-0.05, 0) is 19.1 Å². The van der Waals surface area contributed by atoms with Crippen LogP contribution in [0.4, 0.5) is 4.79 Å². The van der Waals surface area contributed by atoms with Gasteiger partial charge >= 0.3 is 12.5 Å². The van der Waals surface area contributed by atoms with E-state index in [4.69, 9.17) is 14.0 Å². The third-order valence-corrected chi connectivity index (χ3v) is 3.51. The number of ether oxygens (including phenoxy) is 1. The molecule has 0 aliphatic carbocycles. The molecule has 1 unspecified atom stereocenters. The first-order valence-corrected chi connectivity index (χ1v) is 6.36. The number of carbonyl (C=O) groups excluding carboxylic acids is 2. The van der Waals surface area contributed by atoms with Crippen molar-refractivity contribution in [2.24, 2.45) is 0 Å². The van der Waals surface area contributed by atoms with E-state index in [2.05, 4.69) is 6.58 Å². The third-order valence-electron chi connectivity index (χ3n) is 3.51. The van der Waals surface area contributed by atoms with Crippen molar-refractivity contribution in [1.29, 1.82) is 0 Å². The summed E-state index contributed by atoms with van der Waals surface area (Å²) >= 11 is 0. The van der Waals surface area contributed by atoms with E-state index in [9.17, 15) is 9.59 Å². The van der Waals surface area contributed by atoms with Gasteiger partial charge in [-0.2, -0.15) is 0 Å². The van der Waals surface area contributed by atoms with Gasteiger partial charge in [0, 0.05) is 5.82 Å². The van der Waals surface area contributed by atoms with Gasteiger partial charge in [-0.25, -0.2) is 0 Å². The molecule has 2 aliphatic rings. The first kappa shape index (κ1) is 12.7. The number of carbonyl (C=O) groups is 2. The minimum Gasteiger partial charge on any atom is -0.636 e. The van der Waals surface area contributed by atoms with Crippen LogP contribution < -0.4 is 4.74 Å². The number of rotatable bonds is 2. The number of aryl methyl sites for hydroxylation is 1. The minimum atomic E-state index is -2.49. The first-order chi connectivity index (χ1) is 9.49. The molecule has 0 bridgehead atoms. The molecule has 20 heavy (non-hydrogen) atoms. The zero-order valence-electron chi connectivity index (χ0n) is 11.0. The van der Waals surface area contributed by atoms with Crippen LogP contribution in [0.15, 0.2) is 36.6 Å². The molecule has 102 valence electrons. The lowest BCUT2D eigenvalue weighted by Gasteiger charge is -2.23. The zero-order chi connectivity index (χ0) is 14.3. The van der Waals surface area contributed by atoms with E-state index in [1.54, 1.807) is 12.1 Å². The summed E-state index contributed by atoms with van der Waals surface area (Å²) in [6, 6.07) is 7.01. The number of allylic oxidation sites excluding steroid dienone is 1. The van der Waals surface area contributed by atoms with E-state index in [1.807, 2.05) is 19.1 Å². The Kier molecular flexibility index (Phi) is 2.74. The highest BCUT2D eigenvalue weighted by atomic mass is 16.7. The SMILES string of the molecule is C=C1C[C+]2CC(=O)O[B-]2(C(=O)Oc2ccc(C)cc2)O1. The first-order valence-electron chi connectivity index (χ1n) is 6.36. The molecule has 2 heterocycles. The number of hydrogen-bond donors (Lipinski definition) is 0. The molecule has 0 aromatic heterocycles. The molecule has 0 saturated carbocycles. The summed E-state index contributed by atoms with van der Waals surface area (Å²) in [5, 5.41) is 0. The van der Waals surface area contributed by atoms with Crippen LogP contribution in [0.3, 0.4) is 0 Å². The highest BCUT2D eigenvalue weighted by Crippen LogP contribution is 2.44. The quantitative estimate of drug-likeness (QED) is 0.611. The van der Waals surface area contributed by atoms with Crippen LogP contribution in [-0.2, 0) is 14.1 Å². The van der Waals surface area contributed by atoms with E-state index >= 15 is 0 Å². The lowest BCUT2D eigenvalue weighted by Crippen LogP contribution is -2.50. The fraction of sp³-hybridized carbons (Fsp3) is 0.214. The molecule has 1 atom stereocenters. The Morgan fingerprint density at radius 1 is 1.30 bits per heavy atom. The Hall–Kier alpha value is -2.37. The van der Waals surface area contributed by atoms with Crippen molar-refractivity contribution in [3.05, 3.63) is 48.0 Å². The highest BCUT2D eigenvalue weighted by Gasteiger charge is 2.70. The van der Waals surface area contributed by atoms with Gasteiger partial charge in [0.1, 0.15) is 18.6 Å². The molecular weight excluding hydrogens is 259 g/mol. The van der Waals surface area contributed by atoms with Gasteiger partial charge < -0.3 is 14.0 Å². The Balaban J connectivity index is 1.83. The predicted molar refractivity (Wildman–Crippen MR) is 71.8 cm³/mol. The largest absolute Gasteiger partial charge is 0.660 e. The fourth-order valence-electron chi connectivity index (χ4n) is 2.53. The summed E-state index contributed by atoms with van der Waals surface area (Å²) in [7, 11) is 0. The lowest BCUT2D eigenvalue weighted by molar-refractivity contribution is -0.133. The molecule has 0 N–H and O–H groups in total. The lowest BCUT2D eigenvalue weighted by atomic mass is 9.49. The van der Waals surface area contributed by atoms with Crippen molar-refractivity contribution in [3.8, 4) is 5.75 Å². The summed E-state index contributed by atoms with van der Waals surface area (Å²) < 4.78 is 15.8. The molecule has 3 rings (SSSR count). The molecule has 2 saturated heterocycles. The summed E-state index contributed by atoms with van der Waals surface area (Å²) in [4.78, 5) is 23.8. The summed E-state index contributed by atoms with van der Waals surface area (Å²) in [5.74, 6) is 0.271. The van der Waals surface area contributed by atoms with Crippen molar-refractivity contribution in [3.63, 3.8) is 0 Å². The summed E-state index contributed by atoms with van der Waals surface area (Å²) in [6.07, 6.45) is 0.455. The molecule has 0 amide bonds. The van der Waals surface area contributed by atoms with Gasteiger partial charge in [-0.15, -0.1) is 0 Å². The molecule has 5 nitrogen and oxygen atoms in total. The maximum Gasteiger partial charge on any atom is 0.660 e. The molecule has 1 aromatic carbocycles. The van der Waals surface area contributed by atoms with Crippen molar-refractivity contribution in [2.75, 3.05) is 0 Å². The number of benzene rings is 1. The molecule has 1 aromatic rings. The average Bonchev–Trinajstić information content (AvgIpc) is 2.84. The van der Waals surface area contributed by atoms with Crippen molar-refractivity contribution < 1.29 is 23.6 Å². The van der Waals surface area contributed by atoms with Crippen LogP contribution >= 0.6 is 0 Å². The normalized spacial score (nSPS) is 24.1. The highest BCUT2D eigenvalue weighted by molar-refractivity contribution is 7.02. The van der Waals surface area contributed by atoms with Crippen LogP contribution in [0, 0.1) is 12.7 Å². The van der Waals surface area contributed by atoms with Gasteiger partial charge in [0.05, 0.1) is 5.76 Å². The molecule has 2 aliphatic heterocycles.